The van der Waals surface area contributed by atoms with Crippen LogP contribution in [0.15, 0.2) is 30.5 Å². The maximum absolute atomic E-state index is 12.7. The summed E-state index contributed by atoms with van der Waals surface area (Å²) in [6.45, 7) is 2.74. The molecule has 0 N–H and O–H groups in total. The van der Waals surface area contributed by atoms with E-state index in [-0.39, 0.29) is 5.91 Å². The zero-order valence-corrected chi connectivity index (χ0v) is 14.3. The number of nitrogens with zero attached hydrogens (tertiary/aromatic N) is 4. The van der Waals surface area contributed by atoms with Gasteiger partial charge in [0.2, 0.25) is 5.91 Å². The van der Waals surface area contributed by atoms with Gasteiger partial charge in [-0.15, -0.1) is 0 Å². The number of amides is 1. The van der Waals surface area contributed by atoms with Crippen LogP contribution in [0.25, 0.3) is 10.9 Å². The van der Waals surface area contributed by atoms with Crippen LogP contribution in [-0.2, 0) is 4.79 Å². The molecule has 1 amide bonds. The lowest BCUT2D eigenvalue weighted by Crippen LogP contribution is -2.51. The molecule has 1 saturated heterocycles. The fourth-order valence-electron chi connectivity index (χ4n) is 4.15. The lowest BCUT2D eigenvalue weighted by molar-refractivity contribution is -0.131. The Morgan fingerprint density at radius 3 is 2.76 bits per heavy atom. The summed E-state index contributed by atoms with van der Waals surface area (Å²) in [5, 5.41) is 10.4. The van der Waals surface area contributed by atoms with Gasteiger partial charge in [0.05, 0.1) is 23.3 Å². The average Bonchev–Trinajstić information content (AvgIpc) is 3.15. The van der Waals surface area contributed by atoms with Gasteiger partial charge in [-0.1, -0.05) is 31.0 Å². The molecule has 1 aliphatic heterocycles. The van der Waals surface area contributed by atoms with Crippen molar-refractivity contribution in [2.75, 3.05) is 31.1 Å². The number of carbonyl (C=O) groups excluding carboxylic acids is 1. The van der Waals surface area contributed by atoms with Crippen molar-refractivity contribution in [3.63, 3.8) is 0 Å². The number of nitriles is 1. The van der Waals surface area contributed by atoms with E-state index in [0.717, 1.165) is 36.2 Å². The Balaban J connectivity index is 1.58. The third-order valence-corrected chi connectivity index (χ3v) is 5.46. The molecule has 0 spiro atoms. The van der Waals surface area contributed by atoms with Gasteiger partial charge in [0, 0.05) is 31.2 Å². The molecule has 5 heteroatoms. The SMILES string of the molecule is N#Cc1cnc2ccccc2c1N1CCN(CC2CCCC2)C(=O)C1. The maximum atomic E-state index is 12.7. The van der Waals surface area contributed by atoms with Gasteiger partial charge in [0.15, 0.2) is 0 Å². The van der Waals surface area contributed by atoms with Crippen molar-refractivity contribution >= 4 is 22.5 Å². The number of fused-ring (bicyclic) bond motifs is 1. The zero-order valence-electron chi connectivity index (χ0n) is 14.3. The number of hydrogen-bond donors (Lipinski definition) is 0. The van der Waals surface area contributed by atoms with Crippen LogP contribution >= 0.6 is 0 Å². The first kappa shape index (κ1) is 15.9. The van der Waals surface area contributed by atoms with E-state index in [9.17, 15) is 10.1 Å². The molecule has 1 aromatic heterocycles. The van der Waals surface area contributed by atoms with Crippen LogP contribution < -0.4 is 4.90 Å². The number of rotatable bonds is 3. The van der Waals surface area contributed by atoms with Crippen molar-refractivity contribution in [3.8, 4) is 6.07 Å². The average molecular weight is 334 g/mol. The number of pyridine rings is 1. The van der Waals surface area contributed by atoms with Gasteiger partial charge in [-0.05, 0) is 24.8 Å². The molecule has 0 atom stereocenters. The smallest absolute Gasteiger partial charge is 0.242 e. The largest absolute Gasteiger partial charge is 0.359 e. The molecular formula is C20H22N4O. The summed E-state index contributed by atoms with van der Waals surface area (Å²) in [6, 6.07) is 10.1. The lowest BCUT2D eigenvalue weighted by Gasteiger charge is -2.37. The zero-order chi connectivity index (χ0) is 17.2. The number of aromatic nitrogens is 1. The summed E-state index contributed by atoms with van der Waals surface area (Å²) < 4.78 is 0. The van der Waals surface area contributed by atoms with Gasteiger partial charge in [-0.2, -0.15) is 5.26 Å². The number of hydrogen-bond acceptors (Lipinski definition) is 4. The Labute approximate surface area is 147 Å². The van der Waals surface area contributed by atoms with Gasteiger partial charge >= 0.3 is 0 Å². The van der Waals surface area contributed by atoms with E-state index in [4.69, 9.17) is 0 Å². The molecule has 2 aromatic rings. The van der Waals surface area contributed by atoms with Crippen LogP contribution in [0.4, 0.5) is 5.69 Å². The summed E-state index contributed by atoms with van der Waals surface area (Å²) >= 11 is 0. The third kappa shape index (κ3) is 3.05. The number of carbonyl (C=O) groups is 1. The van der Waals surface area contributed by atoms with Crippen LogP contribution in [0.2, 0.25) is 0 Å². The highest BCUT2D eigenvalue weighted by atomic mass is 16.2. The van der Waals surface area contributed by atoms with E-state index < -0.39 is 0 Å². The summed E-state index contributed by atoms with van der Waals surface area (Å²) in [7, 11) is 0. The molecule has 2 fully saturated rings. The predicted octanol–water partition coefficient (Wildman–Crippen LogP) is 2.95. The van der Waals surface area contributed by atoms with Gasteiger partial charge in [0.1, 0.15) is 6.07 Å². The number of para-hydroxylation sites is 1. The van der Waals surface area contributed by atoms with Crippen LogP contribution in [0.3, 0.4) is 0 Å². The van der Waals surface area contributed by atoms with E-state index in [1.807, 2.05) is 29.2 Å². The molecule has 2 aliphatic rings. The summed E-state index contributed by atoms with van der Waals surface area (Å²) in [5.74, 6) is 0.842. The van der Waals surface area contributed by atoms with Crippen molar-refractivity contribution < 1.29 is 4.79 Å². The monoisotopic (exact) mass is 334 g/mol. The number of anilines is 1. The molecule has 0 radical (unpaired) electrons. The minimum Gasteiger partial charge on any atom is -0.359 e. The molecule has 128 valence electrons. The van der Waals surface area contributed by atoms with Crippen molar-refractivity contribution in [3.05, 3.63) is 36.0 Å². The van der Waals surface area contributed by atoms with Gasteiger partial charge in [-0.25, -0.2) is 0 Å². The normalized spacial score (nSPS) is 18.8. The number of piperazine rings is 1. The standard InChI is InChI=1S/C20H22N4O/c21-11-16-12-22-18-8-4-3-7-17(18)20(16)24-10-9-23(19(25)14-24)13-15-5-1-2-6-15/h3-4,7-8,12,15H,1-2,5-6,9-10,13-14H2. The number of benzene rings is 1. The van der Waals surface area contributed by atoms with Gasteiger partial charge in [-0.3, -0.25) is 9.78 Å². The quantitative estimate of drug-likeness (QED) is 0.866. The fourth-order valence-corrected chi connectivity index (χ4v) is 4.15. The van der Waals surface area contributed by atoms with Gasteiger partial charge < -0.3 is 9.80 Å². The summed E-state index contributed by atoms with van der Waals surface area (Å²) in [6.07, 6.45) is 6.72. The Hall–Kier alpha value is -2.61. The third-order valence-electron chi connectivity index (χ3n) is 5.46. The lowest BCUT2D eigenvalue weighted by atomic mass is 10.1. The second kappa shape index (κ2) is 6.72. The Morgan fingerprint density at radius 2 is 2.00 bits per heavy atom. The van der Waals surface area contributed by atoms with Crippen LogP contribution in [-0.4, -0.2) is 42.0 Å². The maximum Gasteiger partial charge on any atom is 0.242 e. The van der Waals surface area contributed by atoms with E-state index in [2.05, 4.69) is 16.0 Å². The summed E-state index contributed by atoms with van der Waals surface area (Å²) in [5.41, 5.74) is 2.25. The molecule has 4 rings (SSSR count). The first-order valence-corrected chi connectivity index (χ1v) is 9.07. The van der Waals surface area contributed by atoms with Crippen LogP contribution in [0.5, 0.6) is 0 Å². The highest BCUT2D eigenvalue weighted by Crippen LogP contribution is 2.31. The molecule has 1 aromatic carbocycles. The highest BCUT2D eigenvalue weighted by Gasteiger charge is 2.29. The molecule has 1 saturated carbocycles. The minimum atomic E-state index is 0.169. The van der Waals surface area contributed by atoms with E-state index in [0.29, 0.717) is 18.0 Å². The molecule has 25 heavy (non-hydrogen) atoms. The fraction of sp³-hybridized carbons (Fsp3) is 0.450. The van der Waals surface area contributed by atoms with Gasteiger partial charge in [0.25, 0.3) is 0 Å². The Kier molecular flexibility index (Phi) is 4.27. The van der Waals surface area contributed by atoms with Crippen LogP contribution in [0.1, 0.15) is 31.2 Å². The minimum absolute atomic E-state index is 0.169. The molecular weight excluding hydrogens is 312 g/mol. The van der Waals surface area contributed by atoms with E-state index in [1.165, 1.54) is 25.7 Å². The first-order chi connectivity index (χ1) is 12.3. The van der Waals surface area contributed by atoms with Crippen molar-refractivity contribution in [1.82, 2.24) is 9.88 Å². The molecule has 1 aliphatic carbocycles. The van der Waals surface area contributed by atoms with Crippen molar-refractivity contribution in [1.29, 1.82) is 5.26 Å². The van der Waals surface area contributed by atoms with E-state index in [1.54, 1.807) is 6.20 Å². The Bertz CT molecular complexity index is 835. The van der Waals surface area contributed by atoms with Crippen molar-refractivity contribution in [2.45, 2.75) is 25.7 Å². The molecule has 0 unspecified atom stereocenters. The molecule has 0 bridgehead atoms. The predicted molar refractivity (Wildman–Crippen MR) is 97.2 cm³/mol. The Morgan fingerprint density at radius 1 is 1.20 bits per heavy atom. The van der Waals surface area contributed by atoms with E-state index >= 15 is 0 Å². The topological polar surface area (TPSA) is 60.2 Å². The molecule has 5 nitrogen and oxygen atoms in total. The first-order valence-electron chi connectivity index (χ1n) is 9.07. The van der Waals surface area contributed by atoms with Crippen molar-refractivity contribution in [2.24, 2.45) is 5.92 Å². The second-order valence-corrected chi connectivity index (χ2v) is 7.06. The highest BCUT2D eigenvalue weighted by molar-refractivity contribution is 5.96. The second-order valence-electron chi connectivity index (χ2n) is 7.06. The summed E-state index contributed by atoms with van der Waals surface area (Å²) in [4.78, 5) is 21.1. The molecule has 2 heterocycles. The van der Waals surface area contributed by atoms with Crippen LogP contribution in [0, 0.1) is 17.2 Å².